The lowest BCUT2D eigenvalue weighted by atomic mass is 10.1. The minimum atomic E-state index is -3.99. The minimum absolute atomic E-state index is 0.0198. The molecule has 1 heterocycles. The standard InChI is InChI=1S/C20H25F2N3O3S/c1-3-15-5-6-16(13-18(15)25-10-8-23-9-11-25)29(26,27)24-17-12-14(2)4-7-19(17)28-20(21)22/h4-7,12-13,20,23-24H,3,8-11H2,1-2H3. The summed E-state index contributed by atoms with van der Waals surface area (Å²) in [6.07, 6.45) is 0.775. The molecule has 2 aromatic rings. The molecule has 0 bridgehead atoms. The number of anilines is 2. The number of sulfonamides is 1. The van der Waals surface area contributed by atoms with E-state index in [1.165, 1.54) is 18.2 Å². The van der Waals surface area contributed by atoms with Crippen molar-refractivity contribution < 1.29 is 21.9 Å². The number of nitrogens with zero attached hydrogens (tertiary/aromatic N) is 1. The third kappa shape index (κ3) is 5.16. The number of rotatable bonds is 7. The summed E-state index contributed by atoms with van der Waals surface area (Å²) in [5, 5.41) is 3.28. The topological polar surface area (TPSA) is 70.7 Å². The number of alkyl halides is 2. The van der Waals surface area contributed by atoms with E-state index >= 15 is 0 Å². The first kappa shape index (κ1) is 21.3. The van der Waals surface area contributed by atoms with Crippen molar-refractivity contribution in [2.75, 3.05) is 35.8 Å². The molecule has 9 heteroatoms. The maximum atomic E-state index is 13.0. The first-order valence-corrected chi connectivity index (χ1v) is 11.0. The monoisotopic (exact) mass is 425 g/mol. The number of benzene rings is 2. The molecular formula is C20H25F2N3O3S. The third-order valence-corrected chi connectivity index (χ3v) is 6.16. The van der Waals surface area contributed by atoms with Crippen molar-refractivity contribution in [3.05, 3.63) is 47.5 Å². The summed E-state index contributed by atoms with van der Waals surface area (Å²) < 4.78 is 58.2. The summed E-state index contributed by atoms with van der Waals surface area (Å²) in [5.41, 5.74) is 2.63. The van der Waals surface area contributed by atoms with Gasteiger partial charge in [0, 0.05) is 31.9 Å². The van der Waals surface area contributed by atoms with Gasteiger partial charge in [-0.25, -0.2) is 8.42 Å². The van der Waals surface area contributed by atoms with Crippen LogP contribution in [0.5, 0.6) is 5.75 Å². The van der Waals surface area contributed by atoms with Crippen molar-refractivity contribution >= 4 is 21.4 Å². The lowest BCUT2D eigenvalue weighted by Crippen LogP contribution is -2.44. The summed E-state index contributed by atoms with van der Waals surface area (Å²) in [6, 6.07) is 9.36. The van der Waals surface area contributed by atoms with Crippen LogP contribution < -0.4 is 19.7 Å². The van der Waals surface area contributed by atoms with E-state index in [2.05, 4.69) is 19.7 Å². The van der Waals surface area contributed by atoms with Gasteiger partial charge < -0.3 is 15.0 Å². The van der Waals surface area contributed by atoms with E-state index in [0.717, 1.165) is 43.9 Å². The molecule has 158 valence electrons. The van der Waals surface area contributed by atoms with Crippen molar-refractivity contribution in [3.63, 3.8) is 0 Å². The van der Waals surface area contributed by atoms with E-state index in [-0.39, 0.29) is 16.3 Å². The van der Waals surface area contributed by atoms with Crippen LogP contribution in [-0.4, -0.2) is 41.2 Å². The molecule has 0 radical (unpaired) electrons. The van der Waals surface area contributed by atoms with Crippen molar-refractivity contribution in [2.24, 2.45) is 0 Å². The Morgan fingerprint density at radius 1 is 1.17 bits per heavy atom. The highest BCUT2D eigenvalue weighted by atomic mass is 32.2. The molecule has 0 atom stereocenters. The molecule has 0 aromatic heterocycles. The number of piperazine rings is 1. The molecule has 2 N–H and O–H groups in total. The molecule has 6 nitrogen and oxygen atoms in total. The zero-order valence-corrected chi connectivity index (χ0v) is 17.2. The predicted molar refractivity (Wildman–Crippen MR) is 110 cm³/mol. The molecule has 0 spiro atoms. The summed E-state index contributed by atoms with van der Waals surface area (Å²) in [6.45, 7) is 3.94. The highest BCUT2D eigenvalue weighted by Gasteiger charge is 2.22. The average molecular weight is 426 g/mol. The van der Waals surface area contributed by atoms with Crippen molar-refractivity contribution in [3.8, 4) is 5.75 Å². The SMILES string of the molecule is CCc1ccc(S(=O)(=O)Nc2cc(C)ccc2OC(F)F)cc1N1CCNCC1. The van der Waals surface area contributed by atoms with E-state index in [0.29, 0.717) is 5.56 Å². The molecule has 0 saturated carbocycles. The van der Waals surface area contributed by atoms with Gasteiger partial charge in [-0.05, 0) is 48.7 Å². The highest BCUT2D eigenvalue weighted by Crippen LogP contribution is 2.31. The Labute approximate surface area is 169 Å². The predicted octanol–water partition coefficient (Wildman–Crippen LogP) is 3.37. The molecule has 0 aliphatic carbocycles. The maximum Gasteiger partial charge on any atom is 0.387 e. The van der Waals surface area contributed by atoms with Crippen molar-refractivity contribution in [2.45, 2.75) is 31.8 Å². The molecule has 29 heavy (non-hydrogen) atoms. The van der Waals surface area contributed by atoms with Gasteiger partial charge in [0.25, 0.3) is 10.0 Å². The fraction of sp³-hybridized carbons (Fsp3) is 0.400. The zero-order valence-electron chi connectivity index (χ0n) is 16.4. The van der Waals surface area contributed by atoms with Crippen molar-refractivity contribution in [1.29, 1.82) is 0 Å². The van der Waals surface area contributed by atoms with Gasteiger partial charge in [-0.15, -0.1) is 0 Å². The Hall–Kier alpha value is -2.39. The van der Waals surface area contributed by atoms with Gasteiger partial charge in [0.05, 0.1) is 10.6 Å². The molecule has 1 aliphatic rings. The van der Waals surface area contributed by atoms with E-state index in [4.69, 9.17) is 0 Å². The van der Waals surface area contributed by atoms with Crippen LogP contribution in [0.4, 0.5) is 20.2 Å². The highest BCUT2D eigenvalue weighted by molar-refractivity contribution is 7.92. The number of nitrogens with one attached hydrogen (secondary N) is 2. The van der Waals surface area contributed by atoms with E-state index in [1.54, 1.807) is 25.1 Å². The Balaban J connectivity index is 1.95. The van der Waals surface area contributed by atoms with Crippen LogP contribution in [-0.2, 0) is 16.4 Å². The summed E-state index contributed by atoms with van der Waals surface area (Å²) in [4.78, 5) is 2.24. The summed E-state index contributed by atoms with van der Waals surface area (Å²) >= 11 is 0. The lowest BCUT2D eigenvalue weighted by molar-refractivity contribution is -0.0493. The van der Waals surface area contributed by atoms with Gasteiger partial charge in [0.2, 0.25) is 0 Å². The Bertz CT molecular complexity index is 961. The first-order valence-electron chi connectivity index (χ1n) is 9.47. The third-order valence-electron chi connectivity index (χ3n) is 4.80. The fourth-order valence-electron chi connectivity index (χ4n) is 3.34. The van der Waals surface area contributed by atoms with Crippen LogP contribution in [0.25, 0.3) is 0 Å². The molecule has 2 aromatic carbocycles. The minimum Gasteiger partial charge on any atom is -0.433 e. The largest absolute Gasteiger partial charge is 0.433 e. The fourth-order valence-corrected chi connectivity index (χ4v) is 4.42. The molecular weight excluding hydrogens is 400 g/mol. The van der Waals surface area contributed by atoms with Crippen LogP contribution in [0, 0.1) is 6.92 Å². The van der Waals surface area contributed by atoms with Crippen LogP contribution in [0.15, 0.2) is 41.3 Å². The summed E-state index contributed by atoms with van der Waals surface area (Å²) in [5.74, 6) is -0.221. The first-order chi connectivity index (χ1) is 13.8. The summed E-state index contributed by atoms with van der Waals surface area (Å²) in [7, 11) is -3.99. The lowest BCUT2D eigenvalue weighted by Gasteiger charge is -2.31. The second-order valence-corrected chi connectivity index (χ2v) is 8.55. The van der Waals surface area contributed by atoms with Gasteiger partial charge in [-0.3, -0.25) is 4.72 Å². The molecule has 0 unspecified atom stereocenters. The molecule has 1 aliphatic heterocycles. The maximum absolute atomic E-state index is 13.0. The van der Waals surface area contributed by atoms with E-state index in [1.807, 2.05) is 6.92 Å². The van der Waals surface area contributed by atoms with Gasteiger partial charge in [0.15, 0.2) is 0 Å². The van der Waals surface area contributed by atoms with Crippen molar-refractivity contribution in [1.82, 2.24) is 5.32 Å². The normalized spacial score (nSPS) is 14.9. The van der Waals surface area contributed by atoms with E-state index < -0.39 is 16.6 Å². The number of hydrogen-bond donors (Lipinski definition) is 2. The zero-order chi connectivity index (χ0) is 21.0. The second kappa shape index (κ2) is 8.96. The van der Waals surface area contributed by atoms with Gasteiger partial charge in [-0.2, -0.15) is 8.78 Å². The van der Waals surface area contributed by atoms with Crippen LogP contribution >= 0.6 is 0 Å². The number of ether oxygens (including phenoxy) is 1. The molecule has 1 fully saturated rings. The van der Waals surface area contributed by atoms with E-state index in [9.17, 15) is 17.2 Å². The molecule has 1 saturated heterocycles. The number of hydrogen-bond acceptors (Lipinski definition) is 5. The van der Waals surface area contributed by atoms with Gasteiger partial charge >= 0.3 is 6.61 Å². The second-order valence-electron chi connectivity index (χ2n) is 6.86. The molecule has 0 amide bonds. The Morgan fingerprint density at radius 3 is 2.55 bits per heavy atom. The Morgan fingerprint density at radius 2 is 1.90 bits per heavy atom. The van der Waals surface area contributed by atoms with Crippen LogP contribution in [0.1, 0.15) is 18.1 Å². The van der Waals surface area contributed by atoms with Crippen LogP contribution in [0.2, 0.25) is 0 Å². The smallest absolute Gasteiger partial charge is 0.387 e. The molecule has 3 rings (SSSR count). The number of aryl methyl sites for hydroxylation is 2. The van der Waals surface area contributed by atoms with Gasteiger partial charge in [0.1, 0.15) is 5.75 Å². The average Bonchev–Trinajstić information content (AvgIpc) is 2.69. The van der Waals surface area contributed by atoms with Crippen LogP contribution in [0.3, 0.4) is 0 Å². The number of halogens is 2. The Kier molecular flexibility index (Phi) is 6.59. The quantitative estimate of drug-likeness (QED) is 0.712. The van der Waals surface area contributed by atoms with Gasteiger partial charge in [-0.1, -0.05) is 19.1 Å².